The predicted molar refractivity (Wildman–Crippen MR) is 68.3 cm³/mol. The summed E-state index contributed by atoms with van der Waals surface area (Å²) in [7, 11) is 3.60. The van der Waals surface area contributed by atoms with Crippen molar-refractivity contribution in [3.8, 4) is 0 Å². The zero-order valence-electron chi connectivity index (χ0n) is 10.2. The molecule has 0 saturated heterocycles. The first-order valence-electron chi connectivity index (χ1n) is 5.42. The molecule has 2 aromatic rings. The summed E-state index contributed by atoms with van der Waals surface area (Å²) in [4.78, 5) is 21.8. The van der Waals surface area contributed by atoms with Crippen LogP contribution in [0.15, 0.2) is 30.7 Å². The van der Waals surface area contributed by atoms with Gasteiger partial charge in [-0.05, 0) is 12.1 Å². The molecule has 1 amide bonds. The van der Waals surface area contributed by atoms with E-state index >= 15 is 0 Å². The van der Waals surface area contributed by atoms with Crippen molar-refractivity contribution in [3.63, 3.8) is 0 Å². The van der Waals surface area contributed by atoms with Crippen molar-refractivity contribution in [1.29, 1.82) is 0 Å². The number of pyridine rings is 1. The Balaban J connectivity index is 2.15. The van der Waals surface area contributed by atoms with E-state index in [0.717, 1.165) is 5.82 Å². The molecule has 0 unspecified atom stereocenters. The number of rotatable bonds is 3. The number of amides is 1. The van der Waals surface area contributed by atoms with Crippen molar-refractivity contribution >= 4 is 17.5 Å². The second-order valence-corrected chi connectivity index (χ2v) is 4.32. The quantitative estimate of drug-likeness (QED) is 0.794. The average Bonchev–Trinajstić information content (AvgIpc) is 2.75. The largest absolute Gasteiger partial charge is 0.337 e. The first-order valence-corrected chi connectivity index (χ1v) is 5.79. The number of nitrogens with zero attached hydrogens (tertiary/aromatic N) is 4. The molecule has 5 nitrogen and oxygen atoms in total. The summed E-state index contributed by atoms with van der Waals surface area (Å²) < 4.78 is 1.87. The van der Waals surface area contributed by atoms with Gasteiger partial charge in [-0.2, -0.15) is 0 Å². The van der Waals surface area contributed by atoms with Crippen LogP contribution in [-0.2, 0) is 13.6 Å². The molecule has 6 heteroatoms. The number of hydrogen-bond donors (Lipinski definition) is 0. The minimum atomic E-state index is -0.170. The molecule has 2 rings (SSSR count). The van der Waals surface area contributed by atoms with E-state index in [0.29, 0.717) is 12.1 Å². The van der Waals surface area contributed by atoms with Crippen LogP contribution < -0.4 is 0 Å². The Bertz CT molecular complexity index is 567. The number of imidazole rings is 1. The normalized spacial score (nSPS) is 10.4. The van der Waals surface area contributed by atoms with Gasteiger partial charge in [0.15, 0.2) is 0 Å². The smallest absolute Gasteiger partial charge is 0.257 e. The Labute approximate surface area is 110 Å². The lowest BCUT2D eigenvalue weighted by Crippen LogP contribution is -2.27. The second kappa shape index (κ2) is 5.18. The van der Waals surface area contributed by atoms with Crippen molar-refractivity contribution in [1.82, 2.24) is 19.4 Å². The minimum absolute atomic E-state index is 0.170. The fourth-order valence-electron chi connectivity index (χ4n) is 1.58. The first-order chi connectivity index (χ1) is 8.59. The molecule has 0 spiro atoms. The molecule has 0 bridgehead atoms. The predicted octanol–water partition coefficient (Wildman–Crippen LogP) is 1.74. The van der Waals surface area contributed by atoms with E-state index in [1.54, 1.807) is 36.5 Å². The zero-order valence-corrected chi connectivity index (χ0v) is 10.9. The summed E-state index contributed by atoms with van der Waals surface area (Å²) in [5.74, 6) is 0.641. The number of carbonyl (C=O) groups excluding carboxylic acids is 1. The van der Waals surface area contributed by atoms with Gasteiger partial charge < -0.3 is 9.47 Å². The van der Waals surface area contributed by atoms with Crippen LogP contribution in [0.4, 0.5) is 0 Å². The summed E-state index contributed by atoms with van der Waals surface area (Å²) in [6.07, 6.45) is 5.09. The summed E-state index contributed by atoms with van der Waals surface area (Å²) in [6.45, 7) is 0.424. The van der Waals surface area contributed by atoms with Gasteiger partial charge in [-0.1, -0.05) is 11.6 Å². The van der Waals surface area contributed by atoms with Crippen LogP contribution in [0.3, 0.4) is 0 Å². The zero-order chi connectivity index (χ0) is 13.1. The molecule has 0 aromatic carbocycles. The third kappa shape index (κ3) is 2.51. The van der Waals surface area contributed by atoms with Crippen LogP contribution in [0.2, 0.25) is 5.15 Å². The monoisotopic (exact) mass is 264 g/mol. The highest BCUT2D eigenvalue weighted by Crippen LogP contribution is 2.14. The first kappa shape index (κ1) is 12.6. The van der Waals surface area contributed by atoms with Crippen LogP contribution in [0.1, 0.15) is 16.2 Å². The third-order valence-electron chi connectivity index (χ3n) is 2.64. The van der Waals surface area contributed by atoms with E-state index < -0.39 is 0 Å². The number of aryl methyl sites for hydroxylation is 1. The van der Waals surface area contributed by atoms with E-state index in [2.05, 4.69) is 9.97 Å². The van der Waals surface area contributed by atoms with Gasteiger partial charge in [0, 0.05) is 32.7 Å². The lowest BCUT2D eigenvalue weighted by molar-refractivity contribution is 0.0780. The molecule has 0 aliphatic rings. The van der Waals surface area contributed by atoms with Gasteiger partial charge in [0.1, 0.15) is 11.0 Å². The van der Waals surface area contributed by atoms with Crippen molar-refractivity contribution in [2.24, 2.45) is 7.05 Å². The molecule has 2 heterocycles. The Morgan fingerprint density at radius 2 is 2.22 bits per heavy atom. The maximum atomic E-state index is 12.2. The third-order valence-corrected chi connectivity index (χ3v) is 2.94. The van der Waals surface area contributed by atoms with Gasteiger partial charge in [0.05, 0.1) is 12.1 Å². The summed E-state index contributed by atoms with van der Waals surface area (Å²) >= 11 is 5.90. The van der Waals surface area contributed by atoms with Gasteiger partial charge in [-0.25, -0.2) is 9.97 Å². The van der Waals surface area contributed by atoms with Gasteiger partial charge in [0.2, 0.25) is 0 Å². The summed E-state index contributed by atoms with van der Waals surface area (Å²) in [5.41, 5.74) is 0.399. The van der Waals surface area contributed by atoms with Crippen LogP contribution in [0, 0.1) is 0 Å². The molecule has 2 aromatic heterocycles. The minimum Gasteiger partial charge on any atom is -0.337 e. The summed E-state index contributed by atoms with van der Waals surface area (Å²) in [5, 5.41) is 0.217. The van der Waals surface area contributed by atoms with E-state index in [1.165, 1.54) is 0 Å². The molecule has 0 aliphatic heterocycles. The highest BCUT2D eigenvalue weighted by Gasteiger charge is 2.16. The Kier molecular flexibility index (Phi) is 3.62. The van der Waals surface area contributed by atoms with Gasteiger partial charge in [-0.15, -0.1) is 0 Å². The van der Waals surface area contributed by atoms with E-state index in [1.807, 2.05) is 17.8 Å². The van der Waals surface area contributed by atoms with E-state index in [9.17, 15) is 4.79 Å². The molecule has 0 aliphatic carbocycles. The van der Waals surface area contributed by atoms with Crippen molar-refractivity contribution in [2.45, 2.75) is 6.54 Å². The topological polar surface area (TPSA) is 51.0 Å². The molecule has 0 N–H and O–H groups in total. The molecular weight excluding hydrogens is 252 g/mol. The molecule has 94 valence electrons. The molecule has 18 heavy (non-hydrogen) atoms. The maximum absolute atomic E-state index is 12.2. The highest BCUT2D eigenvalue weighted by molar-refractivity contribution is 6.32. The fraction of sp³-hybridized carbons (Fsp3) is 0.250. The van der Waals surface area contributed by atoms with E-state index in [4.69, 9.17) is 11.6 Å². The van der Waals surface area contributed by atoms with Crippen LogP contribution in [0.25, 0.3) is 0 Å². The van der Waals surface area contributed by atoms with Crippen molar-refractivity contribution in [3.05, 3.63) is 47.3 Å². The Hall–Kier alpha value is -1.88. The molecule has 0 fully saturated rings. The molecule has 0 radical (unpaired) electrons. The molecular formula is C12H13ClN4O. The number of halogens is 1. The van der Waals surface area contributed by atoms with Gasteiger partial charge in [-0.3, -0.25) is 4.79 Å². The van der Waals surface area contributed by atoms with Crippen LogP contribution >= 0.6 is 11.6 Å². The van der Waals surface area contributed by atoms with Gasteiger partial charge >= 0.3 is 0 Å². The molecule has 0 atom stereocenters. The number of hydrogen-bond acceptors (Lipinski definition) is 3. The van der Waals surface area contributed by atoms with Crippen LogP contribution in [0.5, 0.6) is 0 Å². The summed E-state index contributed by atoms with van der Waals surface area (Å²) in [6, 6.07) is 3.35. The SMILES string of the molecule is CN(Cc1nccn1C)C(=O)c1cccnc1Cl. The Morgan fingerprint density at radius 3 is 2.83 bits per heavy atom. The lowest BCUT2D eigenvalue weighted by atomic mass is 10.2. The second-order valence-electron chi connectivity index (χ2n) is 3.96. The average molecular weight is 265 g/mol. The van der Waals surface area contributed by atoms with Crippen molar-refractivity contribution in [2.75, 3.05) is 7.05 Å². The van der Waals surface area contributed by atoms with Crippen molar-refractivity contribution < 1.29 is 4.79 Å². The fourth-order valence-corrected chi connectivity index (χ4v) is 1.78. The standard InChI is InChI=1S/C12H13ClN4O/c1-16-7-6-14-10(16)8-17(2)12(18)9-4-3-5-15-11(9)13/h3-7H,8H2,1-2H3. The highest BCUT2D eigenvalue weighted by atomic mass is 35.5. The lowest BCUT2D eigenvalue weighted by Gasteiger charge is -2.17. The maximum Gasteiger partial charge on any atom is 0.257 e. The number of carbonyl (C=O) groups is 1. The van der Waals surface area contributed by atoms with Gasteiger partial charge in [0.25, 0.3) is 5.91 Å². The number of aromatic nitrogens is 3. The Morgan fingerprint density at radius 1 is 1.44 bits per heavy atom. The molecule has 0 saturated carbocycles. The van der Waals surface area contributed by atoms with Crippen LogP contribution in [-0.4, -0.2) is 32.4 Å². The van der Waals surface area contributed by atoms with E-state index in [-0.39, 0.29) is 11.1 Å².